The zero-order valence-corrected chi connectivity index (χ0v) is 11.9. The van der Waals surface area contributed by atoms with Crippen LogP contribution in [0.15, 0.2) is 11.4 Å². The van der Waals surface area contributed by atoms with E-state index in [1.807, 2.05) is 41.0 Å². The summed E-state index contributed by atoms with van der Waals surface area (Å²) in [6.45, 7) is 2.16. The molecule has 16 heavy (non-hydrogen) atoms. The largest absolute Gasteiger partial charge is 0.468 e. The van der Waals surface area contributed by atoms with Crippen LogP contribution in [0.25, 0.3) is 0 Å². The topological polar surface area (TPSA) is 55.4 Å². The second-order valence-electron chi connectivity index (χ2n) is 3.13. The minimum atomic E-state index is -0.355. The van der Waals surface area contributed by atoms with E-state index in [1.165, 1.54) is 18.4 Å². The summed E-state index contributed by atoms with van der Waals surface area (Å²) in [5.41, 5.74) is 0.950. The quantitative estimate of drug-likeness (QED) is 0.510. The fraction of sp³-hybridized carbons (Fsp3) is 0.400. The lowest BCUT2D eigenvalue weighted by molar-refractivity contribution is -0.139. The zero-order chi connectivity index (χ0) is 12.1. The number of ether oxygens (including phenoxy) is 1. The van der Waals surface area contributed by atoms with Gasteiger partial charge in [-0.2, -0.15) is 0 Å². The van der Waals surface area contributed by atoms with Gasteiger partial charge in [0.25, 0.3) is 5.91 Å². The first-order valence-electron chi connectivity index (χ1n) is 4.60. The fourth-order valence-electron chi connectivity index (χ4n) is 1.08. The Hall–Kier alpha value is -0.630. The molecule has 0 spiro atoms. The highest BCUT2D eigenvalue weighted by Crippen LogP contribution is 2.15. The molecule has 0 saturated heterocycles. The third kappa shape index (κ3) is 3.44. The van der Waals surface area contributed by atoms with E-state index in [4.69, 9.17) is 0 Å². The van der Waals surface area contributed by atoms with Crippen molar-refractivity contribution >= 4 is 45.8 Å². The fourth-order valence-corrected chi connectivity index (χ4v) is 2.39. The van der Waals surface area contributed by atoms with Crippen molar-refractivity contribution in [3.63, 3.8) is 0 Å². The van der Waals surface area contributed by atoms with Crippen LogP contribution in [-0.4, -0.2) is 29.5 Å². The van der Waals surface area contributed by atoms with E-state index in [9.17, 15) is 9.59 Å². The second kappa shape index (κ2) is 6.19. The highest BCUT2D eigenvalue weighted by Gasteiger charge is 2.17. The Bertz CT molecular complexity index is 391. The van der Waals surface area contributed by atoms with E-state index < -0.39 is 0 Å². The first-order valence-corrected chi connectivity index (χ1v) is 6.73. The molecule has 1 rings (SSSR count). The van der Waals surface area contributed by atoms with Gasteiger partial charge in [0.05, 0.1) is 12.0 Å². The Balaban J connectivity index is 2.48. The van der Waals surface area contributed by atoms with Crippen molar-refractivity contribution in [3.05, 3.63) is 21.9 Å². The molecule has 4 nitrogen and oxygen atoms in total. The van der Waals surface area contributed by atoms with Crippen LogP contribution < -0.4 is 5.32 Å². The average molecular weight is 353 g/mol. The monoisotopic (exact) mass is 353 g/mol. The number of esters is 1. The lowest BCUT2D eigenvalue weighted by Gasteiger charge is -2.08. The molecular formula is C10H12INO3S. The highest BCUT2D eigenvalue weighted by molar-refractivity contribution is 14.1. The number of carbonyl (C=O) groups excluding carboxylic acids is 2. The van der Waals surface area contributed by atoms with Gasteiger partial charge in [-0.05, 0) is 23.9 Å². The summed E-state index contributed by atoms with van der Waals surface area (Å²) >= 11 is 3.33. The number of halogens is 1. The van der Waals surface area contributed by atoms with E-state index >= 15 is 0 Å². The Morgan fingerprint density at radius 3 is 2.81 bits per heavy atom. The standard InChI is InChI=1S/C10H12INO3S/c1-6-3-4-16-8(6)9(13)12-5-7(11)10(14)15-2/h3-4,7H,5H2,1-2H3,(H,12,13). The Labute approximate surface area is 112 Å². The van der Waals surface area contributed by atoms with Crippen molar-refractivity contribution in [2.45, 2.75) is 10.8 Å². The molecule has 0 aliphatic rings. The molecule has 0 aromatic carbocycles. The van der Waals surface area contributed by atoms with Crippen molar-refractivity contribution in [1.82, 2.24) is 5.32 Å². The minimum Gasteiger partial charge on any atom is -0.468 e. The van der Waals surface area contributed by atoms with Crippen LogP contribution in [0.5, 0.6) is 0 Å². The van der Waals surface area contributed by atoms with Crippen molar-refractivity contribution in [3.8, 4) is 0 Å². The maximum absolute atomic E-state index is 11.7. The Morgan fingerprint density at radius 2 is 2.31 bits per heavy atom. The normalized spacial score (nSPS) is 11.9. The van der Waals surface area contributed by atoms with Gasteiger partial charge in [0.2, 0.25) is 0 Å². The Morgan fingerprint density at radius 1 is 1.62 bits per heavy atom. The molecule has 1 heterocycles. The van der Waals surface area contributed by atoms with Gasteiger partial charge in [-0.1, -0.05) is 22.6 Å². The summed E-state index contributed by atoms with van der Waals surface area (Å²) in [7, 11) is 1.33. The summed E-state index contributed by atoms with van der Waals surface area (Å²) in [6, 6.07) is 1.89. The number of methoxy groups -OCH3 is 1. The third-order valence-corrected chi connectivity index (χ3v) is 3.93. The molecule has 0 saturated carbocycles. The predicted molar refractivity (Wildman–Crippen MR) is 71.2 cm³/mol. The van der Waals surface area contributed by atoms with Gasteiger partial charge in [0.15, 0.2) is 0 Å². The van der Waals surface area contributed by atoms with Crippen LogP contribution in [0.3, 0.4) is 0 Å². The molecule has 0 aliphatic heterocycles. The highest BCUT2D eigenvalue weighted by atomic mass is 127. The number of aryl methyl sites for hydroxylation is 1. The number of hydrogen-bond donors (Lipinski definition) is 1. The minimum absolute atomic E-state index is 0.141. The molecule has 88 valence electrons. The van der Waals surface area contributed by atoms with Crippen LogP contribution in [0.1, 0.15) is 15.2 Å². The Kier molecular flexibility index (Phi) is 5.20. The number of hydrogen-bond acceptors (Lipinski definition) is 4. The summed E-state index contributed by atoms with van der Waals surface area (Å²) in [5.74, 6) is -0.470. The lowest BCUT2D eigenvalue weighted by atomic mass is 10.3. The zero-order valence-electron chi connectivity index (χ0n) is 8.95. The third-order valence-electron chi connectivity index (χ3n) is 1.97. The molecule has 0 bridgehead atoms. The average Bonchev–Trinajstić information content (AvgIpc) is 2.70. The van der Waals surface area contributed by atoms with Gasteiger partial charge in [0, 0.05) is 6.54 Å². The molecule has 1 aromatic heterocycles. The van der Waals surface area contributed by atoms with Gasteiger partial charge in [-0.25, -0.2) is 0 Å². The van der Waals surface area contributed by atoms with Crippen LogP contribution in [0.2, 0.25) is 0 Å². The molecule has 1 unspecified atom stereocenters. The van der Waals surface area contributed by atoms with E-state index in [2.05, 4.69) is 10.1 Å². The predicted octanol–water partition coefficient (Wildman–Crippen LogP) is 1.76. The summed E-state index contributed by atoms with van der Waals surface area (Å²) in [6.07, 6.45) is 0. The molecule has 1 amide bonds. The number of nitrogens with one attached hydrogen (secondary N) is 1. The SMILES string of the molecule is COC(=O)C(I)CNC(=O)c1sccc1C. The molecule has 0 fully saturated rings. The van der Waals surface area contributed by atoms with Gasteiger partial charge in [0.1, 0.15) is 3.92 Å². The van der Waals surface area contributed by atoms with Gasteiger partial charge < -0.3 is 10.1 Å². The molecule has 0 aliphatic carbocycles. The maximum Gasteiger partial charge on any atom is 0.320 e. The van der Waals surface area contributed by atoms with Crippen molar-refractivity contribution in [2.75, 3.05) is 13.7 Å². The van der Waals surface area contributed by atoms with Crippen LogP contribution in [0.4, 0.5) is 0 Å². The number of alkyl halides is 1. The van der Waals surface area contributed by atoms with Gasteiger partial charge in [-0.15, -0.1) is 11.3 Å². The van der Waals surface area contributed by atoms with Crippen LogP contribution in [0, 0.1) is 6.92 Å². The summed E-state index contributed by atoms with van der Waals surface area (Å²) in [5, 5.41) is 4.57. The smallest absolute Gasteiger partial charge is 0.320 e. The number of amides is 1. The summed E-state index contributed by atoms with van der Waals surface area (Å²) < 4.78 is 4.21. The molecule has 6 heteroatoms. The van der Waals surface area contributed by atoms with Crippen molar-refractivity contribution in [1.29, 1.82) is 0 Å². The van der Waals surface area contributed by atoms with Gasteiger partial charge in [-0.3, -0.25) is 9.59 Å². The summed E-state index contributed by atoms with van der Waals surface area (Å²) in [4.78, 5) is 23.5. The van der Waals surface area contributed by atoms with E-state index in [0.29, 0.717) is 4.88 Å². The number of thiophene rings is 1. The molecular weight excluding hydrogens is 341 g/mol. The molecule has 1 atom stereocenters. The second-order valence-corrected chi connectivity index (χ2v) is 5.55. The number of rotatable bonds is 4. The molecule has 1 aromatic rings. The number of carbonyl (C=O) groups is 2. The molecule has 0 radical (unpaired) electrons. The maximum atomic E-state index is 11.7. The van der Waals surface area contributed by atoms with Crippen LogP contribution >= 0.6 is 33.9 Å². The van der Waals surface area contributed by atoms with E-state index in [1.54, 1.807) is 0 Å². The lowest BCUT2D eigenvalue weighted by Crippen LogP contribution is -2.33. The van der Waals surface area contributed by atoms with Crippen molar-refractivity contribution in [2.24, 2.45) is 0 Å². The van der Waals surface area contributed by atoms with Crippen LogP contribution in [-0.2, 0) is 9.53 Å². The van der Waals surface area contributed by atoms with E-state index in [-0.39, 0.29) is 22.3 Å². The van der Waals surface area contributed by atoms with E-state index in [0.717, 1.165) is 5.56 Å². The van der Waals surface area contributed by atoms with Gasteiger partial charge >= 0.3 is 5.97 Å². The first-order chi connectivity index (χ1) is 7.56. The first kappa shape index (κ1) is 13.4. The molecule has 1 N–H and O–H groups in total. The van der Waals surface area contributed by atoms with Crippen molar-refractivity contribution < 1.29 is 14.3 Å².